The normalized spacial score (nSPS) is 10.2. The number of nitrogens with zero attached hydrogens (tertiary/aromatic N) is 1. The first-order valence-electron chi connectivity index (χ1n) is 7.48. The Hall–Kier alpha value is -2.71. The van der Waals surface area contributed by atoms with Crippen molar-refractivity contribution < 1.29 is 28.7 Å². The quantitative estimate of drug-likeness (QED) is 0.364. The van der Waals surface area contributed by atoms with Crippen molar-refractivity contribution in [2.24, 2.45) is 0 Å². The van der Waals surface area contributed by atoms with Crippen LogP contribution in [-0.2, 0) is 16.1 Å². The Morgan fingerprint density at radius 1 is 1.07 bits per heavy atom. The number of hydrogen-bond acceptors (Lipinski definition) is 7. The Labute approximate surface area is 164 Å². The second-order valence-electron chi connectivity index (χ2n) is 5.12. The third kappa shape index (κ3) is 5.38. The molecule has 0 atom stereocenters. The summed E-state index contributed by atoms with van der Waals surface area (Å²) in [6.07, 6.45) is 0. The van der Waals surface area contributed by atoms with Gasteiger partial charge < -0.3 is 18.9 Å². The number of carbonyl (C=O) groups excluding carboxylic acids is 1. The van der Waals surface area contributed by atoms with Crippen LogP contribution >= 0.6 is 23.2 Å². The van der Waals surface area contributed by atoms with E-state index in [4.69, 9.17) is 42.1 Å². The molecule has 2 rings (SSSR count). The molecule has 0 bridgehead atoms. The van der Waals surface area contributed by atoms with Gasteiger partial charge in [-0.1, -0.05) is 23.2 Å². The van der Waals surface area contributed by atoms with Crippen molar-refractivity contribution in [3.8, 4) is 17.2 Å². The molecule has 27 heavy (non-hydrogen) atoms. The minimum atomic E-state index is -0.731. The van der Waals surface area contributed by atoms with E-state index >= 15 is 0 Å². The Balaban J connectivity index is 2.04. The third-order valence-corrected chi connectivity index (χ3v) is 3.94. The van der Waals surface area contributed by atoms with Gasteiger partial charge >= 0.3 is 5.97 Å². The van der Waals surface area contributed by atoms with Gasteiger partial charge in [-0.3, -0.25) is 10.1 Å². The highest BCUT2D eigenvalue weighted by molar-refractivity contribution is 6.35. The number of esters is 1. The summed E-state index contributed by atoms with van der Waals surface area (Å²) in [6, 6.07) is 7.11. The van der Waals surface area contributed by atoms with E-state index in [1.165, 1.54) is 38.5 Å². The van der Waals surface area contributed by atoms with Crippen LogP contribution in [0.4, 0.5) is 5.69 Å². The first-order valence-corrected chi connectivity index (χ1v) is 8.24. The van der Waals surface area contributed by atoms with E-state index in [9.17, 15) is 14.9 Å². The van der Waals surface area contributed by atoms with E-state index in [1.807, 2.05) is 0 Å². The van der Waals surface area contributed by atoms with Gasteiger partial charge in [0.25, 0.3) is 5.69 Å². The van der Waals surface area contributed by atoms with Crippen LogP contribution in [0.2, 0.25) is 10.0 Å². The molecular formula is C17H15Cl2NO7. The lowest BCUT2D eigenvalue weighted by molar-refractivity contribution is -0.385. The highest BCUT2D eigenvalue weighted by Gasteiger charge is 2.21. The molecule has 0 radical (unpaired) electrons. The lowest BCUT2D eigenvalue weighted by atomic mass is 10.1. The molecule has 0 saturated carbocycles. The smallest absolute Gasteiger partial charge is 0.344 e. The van der Waals surface area contributed by atoms with Crippen molar-refractivity contribution >= 4 is 34.9 Å². The third-order valence-electron chi connectivity index (χ3n) is 3.41. The maximum atomic E-state index is 11.9. The largest absolute Gasteiger partial charge is 0.493 e. The minimum Gasteiger partial charge on any atom is -0.493 e. The Kier molecular flexibility index (Phi) is 7.09. The van der Waals surface area contributed by atoms with Gasteiger partial charge in [0.2, 0.25) is 0 Å². The van der Waals surface area contributed by atoms with Crippen LogP contribution in [0.3, 0.4) is 0 Å². The summed E-state index contributed by atoms with van der Waals surface area (Å²) in [7, 11) is 2.75. The predicted octanol–water partition coefficient (Wildman–Crippen LogP) is 4.04. The van der Waals surface area contributed by atoms with Gasteiger partial charge in [0.1, 0.15) is 12.4 Å². The zero-order valence-electron chi connectivity index (χ0n) is 14.4. The molecule has 0 fully saturated rings. The maximum absolute atomic E-state index is 11.9. The molecule has 0 spiro atoms. The van der Waals surface area contributed by atoms with Gasteiger partial charge in [-0.2, -0.15) is 0 Å². The summed E-state index contributed by atoms with van der Waals surface area (Å²) in [6.45, 7) is -0.768. The monoisotopic (exact) mass is 415 g/mol. The van der Waals surface area contributed by atoms with Crippen molar-refractivity contribution in [3.05, 3.63) is 56.1 Å². The van der Waals surface area contributed by atoms with Crippen LogP contribution in [0.15, 0.2) is 30.3 Å². The predicted molar refractivity (Wildman–Crippen MR) is 98.0 cm³/mol. The molecule has 0 amide bonds. The van der Waals surface area contributed by atoms with Crippen LogP contribution in [0.5, 0.6) is 17.2 Å². The van der Waals surface area contributed by atoms with Gasteiger partial charge in [0.15, 0.2) is 18.1 Å². The molecule has 0 unspecified atom stereocenters. The number of rotatable bonds is 8. The molecule has 0 N–H and O–H groups in total. The van der Waals surface area contributed by atoms with Crippen molar-refractivity contribution in [3.63, 3.8) is 0 Å². The molecule has 8 nitrogen and oxygen atoms in total. The summed E-state index contributed by atoms with van der Waals surface area (Å²) < 4.78 is 20.4. The van der Waals surface area contributed by atoms with Gasteiger partial charge in [-0.15, -0.1) is 0 Å². The number of nitro benzene ring substituents is 1. The summed E-state index contributed by atoms with van der Waals surface area (Å²) in [5.74, 6) is -0.00134. The summed E-state index contributed by atoms with van der Waals surface area (Å²) in [4.78, 5) is 22.5. The minimum absolute atomic E-state index is 0.149. The van der Waals surface area contributed by atoms with Gasteiger partial charge in [0, 0.05) is 5.02 Å². The lowest BCUT2D eigenvalue weighted by Crippen LogP contribution is -2.15. The van der Waals surface area contributed by atoms with Crippen LogP contribution in [-0.4, -0.2) is 31.7 Å². The fraction of sp³-hybridized carbons (Fsp3) is 0.235. The van der Waals surface area contributed by atoms with Crippen molar-refractivity contribution in [1.29, 1.82) is 0 Å². The molecule has 0 heterocycles. The number of methoxy groups -OCH3 is 2. The Morgan fingerprint density at radius 3 is 2.33 bits per heavy atom. The molecule has 0 aromatic heterocycles. The van der Waals surface area contributed by atoms with Crippen molar-refractivity contribution in [1.82, 2.24) is 0 Å². The number of carbonyl (C=O) groups is 1. The topological polar surface area (TPSA) is 97.1 Å². The van der Waals surface area contributed by atoms with E-state index in [0.29, 0.717) is 5.02 Å². The number of nitro groups is 1. The summed E-state index contributed by atoms with van der Waals surface area (Å²) in [5.41, 5.74) is -0.113. The second-order valence-corrected chi connectivity index (χ2v) is 5.96. The number of hydrogen-bond donors (Lipinski definition) is 0. The zero-order chi connectivity index (χ0) is 20.0. The molecule has 2 aromatic rings. The molecule has 10 heteroatoms. The van der Waals surface area contributed by atoms with Gasteiger partial charge in [-0.05, 0) is 24.3 Å². The van der Waals surface area contributed by atoms with E-state index in [1.54, 1.807) is 6.07 Å². The molecule has 2 aromatic carbocycles. The van der Waals surface area contributed by atoms with Crippen LogP contribution < -0.4 is 14.2 Å². The lowest BCUT2D eigenvalue weighted by Gasteiger charge is -2.11. The second kappa shape index (κ2) is 9.29. The fourth-order valence-corrected chi connectivity index (χ4v) is 2.59. The standard InChI is InChI=1S/C17H15Cl2NO7/c1-24-15-5-10(13(20(22)23)7-16(15)25-2)8-27-17(21)9-26-14-4-3-11(18)6-12(14)19/h3-7H,8-9H2,1-2H3. The molecular weight excluding hydrogens is 401 g/mol. The maximum Gasteiger partial charge on any atom is 0.344 e. The average molecular weight is 416 g/mol. The van der Waals surface area contributed by atoms with E-state index in [0.717, 1.165) is 0 Å². The number of halogens is 2. The van der Waals surface area contributed by atoms with Crippen LogP contribution in [0.1, 0.15) is 5.56 Å². The Bertz CT molecular complexity index is 857. The molecule has 0 saturated heterocycles. The van der Waals surface area contributed by atoms with Gasteiger partial charge in [-0.25, -0.2) is 4.79 Å². The van der Waals surface area contributed by atoms with Crippen molar-refractivity contribution in [2.45, 2.75) is 6.61 Å². The highest BCUT2D eigenvalue weighted by atomic mass is 35.5. The van der Waals surface area contributed by atoms with Crippen molar-refractivity contribution in [2.75, 3.05) is 20.8 Å². The molecule has 144 valence electrons. The first-order chi connectivity index (χ1) is 12.8. The molecule has 0 aliphatic rings. The SMILES string of the molecule is COc1cc(COC(=O)COc2ccc(Cl)cc2Cl)c([N+](=O)[O-])cc1OC. The van der Waals surface area contributed by atoms with E-state index in [-0.39, 0.29) is 40.1 Å². The van der Waals surface area contributed by atoms with E-state index < -0.39 is 17.5 Å². The van der Waals surface area contributed by atoms with E-state index in [2.05, 4.69) is 0 Å². The number of benzene rings is 2. The molecule has 0 aliphatic carbocycles. The zero-order valence-corrected chi connectivity index (χ0v) is 15.9. The van der Waals surface area contributed by atoms with Gasteiger partial charge in [0.05, 0.1) is 35.8 Å². The van der Waals surface area contributed by atoms with Crippen LogP contribution in [0.25, 0.3) is 0 Å². The fourth-order valence-electron chi connectivity index (χ4n) is 2.12. The summed E-state index contributed by atoms with van der Waals surface area (Å²) in [5, 5.41) is 11.9. The van der Waals surface area contributed by atoms with Crippen LogP contribution in [0, 0.1) is 10.1 Å². The first kappa shape index (κ1) is 20.6. The molecule has 0 aliphatic heterocycles. The number of ether oxygens (including phenoxy) is 4. The average Bonchev–Trinajstić information content (AvgIpc) is 2.64. The highest BCUT2D eigenvalue weighted by Crippen LogP contribution is 2.35. The Morgan fingerprint density at radius 2 is 1.74 bits per heavy atom. The summed E-state index contributed by atoms with van der Waals surface area (Å²) >= 11 is 11.7.